The van der Waals surface area contributed by atoms with Crippen LogP contribution in [0.4, 0.5) is 4.39 Å². The molecule has 3 N–H and O–H groups in total. The van der Waals surface area contributed by atoms with Crippen molar-refractivity contribution in [1.82, 2.24) is 15.5 Å². The van der Waals surface area contributed by atoms with Gasteiger partial charge in [0.05, 0.1) is 6.10 Å². The average molecular weight is 586 g/mol. The molecular weight excluding hydrogens is 541 g/mol. The highest BCUT2D eigenvalue weighted by atomic mass is 32.1. The normalized spacial score (nSPS) is 20.8. The summed E-state index contributed by atoms with van der Waals surface area (Å²) >= 11 is 1.70. The fraction of sp³-hybridized carbons (Fsp3) is 0.594. The number of benzene rings is 1. The van der Waals surface area contributed by atoms with Crippen LogP contribution in [0, 0.1) is 18.3 Å². The number of carbonyl (C=O) groups is 3. The maximum absolute atomic E-state index is 14.6. The molecule has 0 spiro atoms. The van der Waals surface area contributed by atoms with Gasteiger partial charge in [0.15, 0.2) is 5.67 Å². The molecular formula is C32H44FN3O4S. The maximum atomic E-state index is 14.6. The van der Waals surface area contributed by atoms with Crippen LogP contribution in [-0.2, 0) is 20.9 Å². The first-order chi connectivity index (χ1) is 19.2. The summed E-state index contributed by atoms with van der Waals surface area (Å²) < 4.78 is 14.6. The van der Waals surface area contributed by atoms with Crippen molar-refractivity contribution >= 4 is 29.1 Å². The molecule has 1 aliphatic carbocycles. The van der Waals surface area contributed by atoms with Crippen molar-refractivity contribution in [3.05, 3.63) is 46.3 Å². The molecule has 2 heterocycles. The van der Waals surface area contributed by atoms with Gasteiger partial charge in [0, 0.05) is 24.4 Å². The van der Waals surface area contributed by atoms with Crippen LogP contribution in [-0.4, -0.2) is 58.1 Å². The van der Waals surface area contributed by atoms with E-state index in [0.29, 0.717) is 0 Å². The van der Waals surface area contributed by atoms with Crippen LogP contribution in [0.25, 0.3) is 10.4 Å². The van der Waals surface area contributed by atoms with E-state index in [0.717, 1.165) is 16.7 Å². The van der Waals surface area contributed by atoms with E-state index < -0.39 is 41.1 Å². The molecule has 0 radical (unpaired) electrons. The van der Waals surface area contributed by atoms with Gasteiger partial charge >= 0.3 is 0 Å². The summed E-state index contributed by atoms with van der Waals surface area (Å²) in [6.45, 7) is 14.2. The van der Waals surface area contributed by atoms with E-state index in [9.17, 15) is 23.9 Å². The number of aliphatic hydroxyl groups is 1. The molecule has 4 rings (SSSR count). The molecule has 9 heteroatoms. The second-order valence-corrected chi connectivity index (χ2v) is 13.9. The lowest BCUT2D eigenvalue weighted by atomic mass is 9.74. The van der Waals surface area contributed by atoms with Gasteiger partial charge < -0.3 is 20.6 Å². The van der Waals surface area contributed by atoms with Gasteiger partial charge in [0.1, 0.15) is 12.1 Å². The molecule has 2 aliphatic rings. The van der Waals surface area contributed by atoms with Crippen LogP contribution in [0.5, 0.6) is 0 Å². The van der Waals surface area contributed by atoms with Crippen molar-refractivity contribution in [2.45, 2.75) is 104 Å². The van der Waals surface area contributed by atoms with Gasteiger partial charge in [-0.1, -0.05) is 53.7 Å². The molecule has 41 heavy (non-hydrogen) atoms. The van der Waals surface area contributed by atoms with Crippen molar-refractivity contribution in [3.8, 4) is 10.4 Å². The summed E-state index contributed by atoms with van der Waals surface area (Å²) in [5.41, 5.74) is 1.85. The summed E-state index contributed by atoms with van der Waals surface area (Å²) in [5, 5.41) is 18.3. The Hall–Kier alpha value is -2.78. The Morgan fingerprint density at radius 3 is 2.41 bits per heavy atom. The van der Waals surface area contributed by atoms with Crippen molar-refractivity contribution in [2.75, 3.05) is 6.54 Å². The SMILES string of the molecule is Cc1ccsc1-c1ccc(CNC(=O)[C@@H]2C[C@@H](O)CN2C(=O)[C@@H](NC(=O)C2(F)CC2)C(C)(C)C(C)C)c(C(C)C)c1. The molecule has 1 saturated heterocycles. The van der Waals surface area contributed by atoms with E-state index in [4.69, 9.17) is 0 Å². The molecule has 7 nitrogen and oxygen atoms in total. The largest absolute Gasteiger partial charge is 0.391 e. The Bertz CT molecular complexity index is 1300. The Morgan fingerprint density at radius 1 is 1.17 bits per heavy atom. The molecule has 224 valence electrons. The summed E-state index contributed by atoms with van der Waals surface area (Å²) in [6.07, 6.45) is -0.492. The number of nitrogens with zero attached hydrogens (tertiary/aromatic N) is 1. The van der Waals surface area contributed by atoms with E-state index >= 15 is 0 Å². The first-order valence-electron chi connectivity index (χ1n) is 14.6. The van der Waals surface area contributed by atoms with Gasteiger partial charge in [-0.15, -0.1) is 11.3 Å². The quantitative estimate of drug-likeness (QED) is 0.362. The van der Waals surface area contributed by atoms with Crippen molar-refractivity contribution in [1.29, 1.82) is 0 Å². The van der Waals surface area contributed by atoms with Gasteiger partial charge in [-0.25, -0.2) is 4.39 Å². The zero-order valence-corrected chi connectivity index (χ0v) is 26.0. The van der Waals surface area contributed by atoms with Crippen LogP contribution in [0.2, 0.25) is 0 Å². The molecule has 2 aromatic rings. The number of hydrogen-bond acceptors (Lipinski definition) is 5. The molecule has 3 atom stereocenters. The van der Waals surface area contributed by atoms with Crippen LogP contribution in [0.3, 0.4) is 0 Å². The monoisotopic (exact) mass is 585 g/mol. The smallest absolute Gasteiger partial charge is 0.258 e. The van der Waals surface area contributed by atoms with Crippen molar-refractivity contribution in [2.24, 2.45) is 11.3 Å². The second-order valence-electron chi connectivity index (χ2n) is 13.0. The van der Waals surface area contributed by atoms with Gasteiger partial charge in [0.2, 0.25) is 11.8 Å². The van der Waals surface area contributed by atoms with Gasteiger partial charge in [-0.05, 0) is 76.8 Å². The topological polar surface area (TPSA) is 98.7 Å². The average Bonchev–Trinajstić information content (AvgIpc) is 3.33. The zero-order valence-electron chi connectivity index (χ0n) is 25.2. The van der Waals surface area contributed by atoms with E-state index in [2.05, 4.69) is 55.0 Å². The van der Waals surface area contributed by atoms with Gasteiger partial charge in [0.25, 0.3) is 5.91 Å². The Morgan fingerprint density at radius 2 is 1.85 bits per heavy atom. The Kier molecular flexibility index (Phi) is 9.00. The van der Waals surface area contributed by atoms with E-state index in [-0.39, 0.29) is 50.1 Å². The molecule has 1 aromatic carbocycles. The lowest BCUT2D eigenvalue weighted by Gasteiger charge is -2.40. The Balaban J connectivity index is 1.52. The number of halogens is 1. The maximum Gasteiger partial charge on any atom is 0.258 e. The van der Waals surface area contributed by atoms with Crippen molar-refractivity contribution < 1.29 is 23.9 Å². The molecule has 0 bridgehead atoms. The standard InChI is InChI=1S/C32H44FN3O4S/c1-18(2)24-14-21(26-20(5)10-13-41-26)8-9-22(24)16-34-28(38)25-15-23(37)17-36(25)29(39)27(31(6,7)19(3)4)35-30(40)32(33)11-12-32/h8-10,13-14,18-19,23,25,27,37H,11-12,15-17H2,1-7H3,(H,34,38)(H,35,40)/t23-,25+,27-/m1/s1. The first-order valence-corrected chi connectivity index (χ1v) is 15.5. The van der Waals surface area contributed by atoms with Gasteiger partial charge in [-0.2, -0.15) is 0 Å². The number of carbonyl (C=O) groups excluding carboxylic acids is 3. The van der Waals surface area contributed by atoms with Crippen LogP contribution in [0.15, 0.2) is 29.6 Å². The minimum absolute atomic E-state index is 0.0235. The minimum atomic E-state index is -1.93. The fourth-order valence-corrected chi connectivity index (χ4v) is 6.30. The fourth-order valence-electron chi connectivity index (χ4n) is 5.37. The highest BCUT2D eigenvalue weighted by molar-refractivity contribution is 7.13. The van der Waals surface area contributed by atoms with Gasteiger partial charge in [-0.3, -0.25) is 14.4 Å². The third-order valence-corrected chi connectivity index (χ3v) is 10.1. The highest BCUT2D eigenvalue weighted by Crippen LogP contribution is 2.41. The summed E-state index contributed by atoms with van der Waals surface area (Å²) in [5.74, 6) is -1.41. The number of hydrogen-bond donors (Lipinski definition) is 3. The van der Waals surface area contributed by atoms with E-state index in [1.807, 2.05) is 33.8 Å². The molecule has 3 amide bonds. The predicted molar refractivity (Wildman–Crippen MR) is 160 cm³/mol. The summed E-state index contributed by atoms with van der Waals surface area (Å²) in [7, 11) is 0. The number of nitrogens with one attached hydrogen (secondary N) is 2. The molecule has 2 fully saturated rings. The number of alkyl halides is 1. The predicted octanol–water partition coefficient (Wildman–Crippen LogP) is 5.09. The van der Waals surface area contributed by atoms with Crippen LogP contribution >= 0.6 is 11.3 Å². The number of aryl methyl sites for hydroxylation is 1. The second kappa shape index (κ2) is 11.8. The lowest BCUT2D eigenvalue weighted by molar-refractivity contribution is -0.146. The number of amides is 3. The van der Waals surface area contributed by atoms with Crippen LogP contribution in [0.1, 0.15) is 83.4 Å². The lowest BCUT2D eigenvalue weighted by Crippen LogP contribution is -2.60. The third-order valence-electron chi connectivity index (χ3n) is 9.06. The number of aliphatic hydroxyl groups excluding tert-OH is 1. The van der Waals surface area contributed by atoms with Crippen molar-refractivity contribution in [3.63, 3.8) is 0 Å². The number of β-amino-alcohol motifs (C(OH)–C–C–N with tert-alkyl or cyclic N) is 1. The first kappa shape index (κ1) is 31.2. The summed E-state index contributed by atoms with van der Waals surface area (Å²) in [4.78, 5) is 42.7. The molecule has 0 unspecified atom stereocenters. The third kappa shape index (κ3) is 6.51. The summed E-state index contributed by atoms with van der Waals surface area (Å²) in [6, 6.07) is 6.46. The number of rotatable bonds is 10. The number of thiophene rings is 1. The van der Waals surface area contributed by atoms with Crippen LogP contribution < -0.4 is 10.6 Å². The Labute approximate surface area is 246 Å². The zero-order chi connectivity index (χ0) is 30.3. The van der Waals surface area contributed by atoms with E-state index in [1.54, 1.807) is 11.3 Å². The van der Waals surface area contributed by atoms with E-state index in [1.165, 1.54) is 15.3 Å². The molecule has 1 aromatic heterocycles. The molecule has 1 aliphatic heterocycles. The highest BCUT2D eigenvalue weighted by Gasteiger charge is 2.54. The number of likely N-dealkylation sites (tertiary alicyclic amines) is 1. The molecule has 1 saturated carbocycles. The minimum Gasteiger partial charge on any atom is -0.391 e.